The molecule has 4 rings (SSSR count). The van der Waals surface area contributed by atoms with E-state index in [0.717, 1.165) is 5.56 Å². The van der Waals surface area contributed by atoms with E-state index in [2.05, 4.69) is 10.6 Å². The van der Waals surface area contributed by atoms with E-state index in [1.54, 1.807) is 51.1 Å². The summed E-state index contributed by atoms with van der Waals surface area (Å²) in [6.07, 6.45) is -1.11. The number of rotatable bonds is 5. The first-order valence-electron chi connectivity index (χ1n) is 11.3. The van der Waals surface area contributed by atoms with Crippen LogP contribution in [-0.2, 0) is 16.1 Å². The maximum Gasteiger partial charge on any atom is 0.408 e. The second kappa shape index (κ2) is 9.89. The fraction of sp³-hybridized carbons (Fsp3) is 0.400. The average Bonchev–Trinajstić information content (AvgIpc) is 3.42. The molecule has 2 aliphatic rings. The SMILES string of the molecule is CC(C)(C)OC(=O)N[C@H]1CSc2ccc(C(=O)NC3CC3(F)F)cc2N(Cc2ccc(Cl)cc2)C1=O. The van der Waals surface area contributed by atoms with Crippen molar-refractivity contribution < 1.29 is 27.9 Å². The topological polar surface area (TPSA) is 87.7 Å². The van der Waals surface area contributed by atoms with Gasteiger partial charge in [0.25, 0.3) is 17.7 Å². The van der Waals surface area contributed by atoms with Gasteiger partial charge in [-0.1, -0.05) is 23.7 Å². The lowest BCUT2D eigenvalue weighted by Crippen LogP contribution is -2.50. The van der Waals surface area contributed by atoms with Crippen molar-refractivity contribution in [3.63, 3.8) is 0 Å². The minimum absolute atomic E-state index is 0.141. The van der Waals surface area contributed by atoms with E-state index in [-0.39, 0.29) is 17.9 Å². The lowest BCUT2D eigenvalue weighted by molar-refractivity contribution is -0.120. The number of amides is 3. The van der Waals surface area contributed by atoms with Crippen LogP contribution in [-0.4, -0.2) is 47.3 Å². The molecule has 2 aromatic rings. The Morgan fingerprint density at radius 2 is 1.83 bits per heavy atom. The molecule has 2 atom stereocenters. The van der Waals surface area contributed by atoms with Crippen molar-refractivity contribution in [2.75, 3.05) is 10.7 Å². The van der Waals surface area contributed by atoms with Gasteiger partial charge in [-0.25, -0.2) is 13.6 Å². The summed E-state index contributed by atoms with van der Waals surface area (Å²) in [6.45, 7) is 5.32. The predicted molar refractivity (Wildman–Crippen MR) is 134 cm³/mol. The molecule has 0 aromatic heterocycles. The number of fused-ring (bicyclic) bond motifs is 1. The number of carbonyl (C=O) groups is 3. The number of alkyl carbamates (subject to hydrolysis) is 1. The Morgan fingerprint density at radius 1 is 1.17 bits per heavy atom. The summed E-state index contributed by atoms with van der Waals surface area (Å²) in [5, 5.41) is 5.52. The number of hydrogen-bond acceptors (Lipinski definition) is 5. The summed E-state index contributed by atoms with van der Waals surface area (Å²) < 4.78 is 31.9. The largest absolute Gasteiger partial charge is 0.444 e. The Balaban J connectivity index is 1.63. The molecule has 36 heavy (non-hydrogen) atoms. The number of halogens is 3. The van der Waals surface area contributed by atoms with Gasteiger partial charge in [-0.2, -0.15) is 0 Å². The summed E-state index contributed by atoms with van der Waals surface area (Å²) in [5.41, 5.74) is 0.639. The first kappa shape index (κ1) is 26.2. The smallest absolute Gasteiger partial charge is 0.408 e. The molecule has 1 saturated carbocycles. The highest BCUT2D eigenvalue weighted by molar-refractivity contribution is 7.99. The maximum absolute atomic E-state index is 13.7. The fourth-order valence-corrected chi connectivity index (χ4v) is 4.82. The zero-order valence-corrected chi connectivity index (χ0v) is 21.5. The third-order valence-corrected chi connectivity index (χ3v) is 6.97. The van der Waals surface area contributed by atoms with E-state index < -0.39 is 47.9 Å². The van der Waals surface area contributed by atoms with Crippen LogP contribution in [0.4, 0.5) is 19.3 Å². The van der Waals surface area contributed by atoms with Crippen molar-refractivity contribution in [2.24, 2.45) is 0 Å². The molecule has 11 heteroatoms. The molecule has 0 radical (unpaired) electrons. The van der Waals surface area contributed by atoms with Crippen molar-refractivity contribution in [1.29, 1.82) is 0 Å². The number of alkyl halides is 2. The van der Waals surface area contributed by atoms with E-state index >= 15 is 0 Å². The molecule has 1 heterocycles. The van der Waals surface area contributed by atoms with Crippen molar-refractivity contribution in [3.8, 4) is 0 Å². The molecule has 1 aliphatic carbocycles. The van der Waals surface area contributed by atoms with Crippen molar-refractivity contribution in [1.82, 2.24) is 10.6 Å². The number of hydrogen-bond donors (Lipinski definition) is 2. The molecule has 1 aliphatic heterocycles. The maximum atomic E-state index is 13.7. The molecule has 0 saturated heterocycles. The molecule has 0 bridgehead atoms. The van der Waals surface area contributed by atoms with Crippen molar-refractivity contribution in [3.05, 3.63) is 58.6 Å². The molecular weight excluding hydrogens is 512 g/mol. The van der Waals surface area contributed by atoms with Crippen LogP contribution in [0.5, 0.6) is 0 Å². The normalized spacial score (nSPS) is 20.7. The number of anilines is 1. The highest BCUT2D eigenvalue weighted by Crippen LogP contribution is 2.42. The molecule has 2 N–H and O–H groups in total. The molecule has 2 aromatic carbocycles. The summed E-state index contributed by atoms with van der Waals surface area (Å²) in [6, 6.07) is 9.59. The van der Waals surface area contributed by atoms with Crippen LogP contribution in [0.2, 0.25) is 5.02 Å². The molecule has 7 nitrogen and oxygen atoms in total. The van der Waals surface area contributed by atoms with Gasteiger partial charge in [0.1, 0.15) is 11.6 Å². The van der Waals surface area contributed by atoms with Gasteiger partial charge in [0.15, 0.2) is 0 Å². The van der Waals surface area contributed by atoms with Gasteiger partial charge in [0, 0.05) is 27.7 Å². The van der Waals surface area contributed by atoms with E-state index in [1.165, 1.54) is 28.8 Å². The monoisotopic (exact) mass is 537 g/mol. The van der Waals surface area contributed by atoms with Gasteiger partial charge in [-0.3, -0.25) is 9.59 Å². The van der Waals surface area contributed by atoms with Gasteiger partial charge in [-0.15, -0.1) is 11.8 Å². The molecular formula is C25H26ClF2N3O4S. The van der Waals surface area contributed by atoms with Gasteiger partial charge in [0.2, 0.25) is 0 Å². The highest BCUT2D eigenvalue weighted by Gasteiger charge is 2.57. The standard InChI is InChI=1S/C25H26ClF2N3O4S/c1-24(2,3)35-23(34)29-17-13-36-19-9-6-15(21(32)30-20-11-25(20,27)28)10-18(19)31(22(17)33)12-14-4-7-16(26)8-5-14/h4-10,17,20H,11-13H2,1-3H3,(H,29,34)(H,30,32)/t17-,20?/m0/s1. The number of nitrogens with zero attached hydrogens (tertiary/aromatic N) is 1. The lowest BCUT2D eigenvalue weighted by Gasteiger charge is -2.27. The van der Waals surface area contributed by atoms with Crippen LogP contribution in [0.1, 0.15) is 43.1 Å². The Kier molecular flexibility index (Phi) is 7.21. The van der Waals surface area contributed by atoms with Gasteiger partial charge >= 0.3 is 6.09 Å². The summed E-state index contributed by atoms with van der Waals surface area (Å²) in [4.78, 5) is 40.9. The quantitative estimate of drug-likeness (QED) is 0.560. The fourth-order valence-electron chi connectivity index (χ4n) is 3.64. The van der Waals surface area contributed by atoms with Gasteiger partial charge in [-0.05, 0) is 56.7 Å². The van der Waals surface area contributed by atoms with E-state index in [9.17, 15) is 23.2 Å². The third-order valence-electron chi connectivity index (χ3n) is 5.56. The zero-order valence-electron chi connectivity index (χ0n) is 19.9. The van der Waals surface area contributed by atoms with Crippen LogP contribution < -0.4 is 15.5 Å². The molecule has 1 unspecified atom stereocenters. The van der Waals surface area contributed by atoms with Crippen LogP contribution >= 0.6 is 23.4 Å². The summed E-state index contributed by atoms with van der Waals surface area (Å²) in [5.74, 6) is -3.69. The Labute approximate surface area is 216 Å². The highest BCUT2D eigenvalue weighted by atomic mass is 35.5. The van der Waals surface area contributed by atoms with E-state index in [4.69, 9.17) is 16.3 Å². The predicted octanol–water partition coefficient (Wildman–Crippen LogP) is 5.01. The average molecular weight is 538 g/mol. The first-order chi connectivity index (χ1) is 16.8. The first-order valence-corrected chi connectivity index (χ1v) is 12.7. The van der Waals surface area contributed by atoms with Crippen LogP contribution in [0, 0.1) is 0 Å². The van der Waals surface area contributed by atoms with Gasteiger partial charge in [0.05, 0.1) is 18.3 Å². The lowest BCUT2D eigenvalue weighted by atomic mass is 10.1. The van der Waals surface area contributed by atoms with E-state index in [0.29, 0.717) is 15.6 Å². The Hall–Kier alpha value is -2.85. The van der Waals surface area contributed by atoms with Crippen LogP contribution in [0.3, 0.4) is 0 Å². The molecule has 0 spiro atoms. The Morgan fingerprint density at radius 3 is 2.44 bits per heavy atom. The molecule has 1 fully saturated rings. The van der Waals surface area contributed by atoms with Crippen molar-refractivity contribution >= 4 is 47.0 Å². The number of ether oxygens (including phenoxy) is 1. The molecule has 3 amide bonds. The third kappa shape index (κ3) is 6.28. The van der Waals surface area contributed by atoms with Crippen LogP contribution in [0.15, 0.2) is 47.4 Å². The number of thioether (sulfide) groups is 1. The van der Waals surface area contributed by atoms with Crippen molar-refractivity contribution in [2.45, 2.75) is 62.2 Å². The summed E-state index contributed by atoms with van der Waals surface area (Å²) >= 11 is 7.34. The minimum atomic E-state index is -2.89. The van der Waals surface area contributed by atoms with Crippen LogP contribution in [0.25, 0.3) is 0 Å². The number of carbonyl (C=O) groups excluding carboxylic acids is 3. The Bertz CT molecular complexity index is 1190. The minimum Gasteiger partial charge on any atom is -0.444 e. The number of benzene rings is 2. The number of nitrogens with one attached hydrogen (secondary N) is 2. The second-order valence-electron chi connectivity index (χ2n) is 9.73. The van der Waals surface area contributed by atoms with Gasteiger partial charge < -0.3 is 20.3 Å². The van der Waals surface area contributed by atoms with E-state index in [1.807, 2.05) is 0 Å². The molecule has 192 valence electrons. The second-order valence-corrected chi connectivity index (χ2v) is 11.2. The summed E-state index contributed by atoms with van der Waals surface area (Å²) in [7, 11) is 0. The zero-order chi connectivity index (χ0) is 26.3.